The van der Waals surface area contributed by atoms with Gasteiger partial charge in [0.1, 0.15) is 11.6 Å². The van der Waals surface area contributed by atoms with Crippen LogP contribution in [-0.4, -0.2) is 10.1 Å². The molecule has 0 amide bonds. The summed E-state index contributed by atoms with van der Waals surface area (Å²) >= 11 is 1.13. The van der Waals surface area contributed by atoms with E-state index in [9.17, 15) is 8.78 Å². The lowest BCUT2D eigenvalue weighted by Crippen LogP contribution is -1.88. The number of halogens is 2. The van der Waals surface area contributed by atoms with Gasteiger partial charge >= 0.3 is 0 Å². The van der Waals surface area contributed by atoms with Crippen LogP contribution in [0.1, 0.15) is 11.4 Å². The average molecular weight is 318 g/mol. The van der Waals surface area contributed by atoms with E-state index in [1.807, 2.05) is 31.2 Å². The smallest absolute Gasteiger partial charge is 0.257 e. The fourth-order valence-electron chi connectivity index (χ4n) is 1.86. The molecule has 112 valence electrons. The quantitative estimate of drug-likeness (QED) is 0.658. The molecule has 3 rings (SSSR count). The number of benzene rings is 2. The Bertz CT molecular complexity index is 787. The van der Waals surface area contributed by atoms with Crippen molar-refractivity contribution in [2.75, 3.05) is 0 Å². The third-order valence-electron chi connectivity index (χ3n) is 3.02. The molecule has 0 aliphatic rings. The minimum atomic E-state index is -0.475. The fourth-order valence-corrected chi connectivity index (χ4v) is 2.66. The molecule has 0 saturated carbocycles. The standard InChI is InChI=1S/C16H12F2N2OS/c1-10-2-4-11(5-3-10)16-19-15(20-21-16)9-22-14-8-12(17)6-7-13(14)18/h2-8H,9H2,1H3. The van der Waals surface area contributed by atoms with Gasteiger partial charge in [-0.05, 0) is 37.3 Å². The molecular formula is C16H12F2N2OS. The second-order valence-corrected chi connectivity index (χ2v) is 5.76. The molecule has 3 aromatic rings. The number of aromatic nitrogens is 2. The maximum atomic E-state index is 13.5. The van der Waals surface area contributed by atoms with Gasteiger partial charge in [-0.15, -0.1) is 11.8 Å². The molecule has 0 fully saturated rings. The molecule has 0 aliphatic carbocycles. The zero-order chi connectivity index (χ0) is 15.5. The molecule has 0 bridgehead atoms. The minimum Gasteiger partial charge on any atom is -0.334 e. The van der Waals surface area contributed by atoms with Gasteiger partial charge in [-0.25, -0.2) is 8.78 Å². The van der Waals surface area contributed by atoms with E-state index in [2.05, 4.69) is 10.1 Å². The SMILES string of the molecule is Cc1ccc(-c2nc(CSc3cc(F)ccc3F)no2)cc1. The first-order chi connectivity index (χ1) is 10.6. The lowest BCUT2D eigenvalue weighted by atomic mass is 10.1. The van der Waals surface area contributed by atoms with E-state index in [1.165, 1.54) is 0 Å². The minimum absolute atomic E-state index is 0.224. The zero-order valence-corrected chi connectivity index (χ0v) is 12.5. The van der Waals surface area contributed by atoms with Gasteiger partial charge in [0.05, 0.1) is 5.75 Å². The third-order valence-corrected chi connectivity index (χ3v) is 4.04. The summed E-state index contributed by atoms with van der Waals surface area (Å²) in [5.41, 5.74) is 1.96. The van der Waals surface area contributed by atoms with Gasteiger partial charge in [0.15, 0.2) is 5.82 Å². The van der Waals surface area contributed by atoms with Crippen molar-refractivity contribution < 1.29 is 13.3 Å². The summed E-state index contributed by atoms with van der Waals surface area (Å²) in [7, 11) is 0. The molecule has 2 aromatic carbocycles. The fraction of sp³-hybridized carbons (Fsp3) is 0.125. The monoisotopic (exact) mass is 318 g/mol. The zero-order valence-electron chi connectivity index (χ0n) is 11.7. The highest BCUT2D eigenvalue weighted by Crippen LogP contribution is 2.26. The van der Waals surface area contributed by atoms with Crippen molar-refractivity contribution in [3.8, 4) is 11.5 Å². The molecule has 0 saturated heterocycles. The van der Waals surface area contributed by atoms with E-state index in [-0.39, 0.29) is 4.90 Å². The molecule has 0 unspecified atom stereocenters. The summed E-state index contributed by atoms with van der Waals surface area (Å²) < 4.78 is 31.8. The lowest BCUT2D eigenvalue weighted by molar-refractivity contribution is 0.425. The van der Waals surface area contributed by atoms with Crippen LogP contribution in [0.4, 0.5) is 8.78 Å². The van der Waals surface area contributed by atoms with Crippen LogP contribution in [0.2, 0.25) is 0 Å². The van der Waals surface area contributed by atoms with Crippen molar-refractivity contribution in [1.29, 1.82) is 0 Å². The first-order valence-electron chi connectivity index (χ1n) is 6.59. The van der Waals surface area contributed by atoms with Crippen LogP contribution in [-0.2, 0) is 5.75 Å². The first-order valence-corrected chi connectivity index (χ1v) is 7.58. The Morgan fingerprint density at radius 3 is 2.64 bits per heavy atom. The number of hydrogen-bond donors (Lipinski definition) is 0. The van der Waals surface area contributed by atoms with Crippen LogP contribution in [0.5, 0.6) is 0 Å². The highest BCUT2D eigenvalue weighted by atomic mass is 32.2. The molecule has 0 radical (unpaired) electrons. The van der Waals surface area contributed by atoms with Gasteiger partial charge in [-0.1, -0.05) is 22.9 Å². The molecular weight excluding hydrogens is 306 g/mol. The normalized spacial score (nSPS) is 10.9. The summed E-state index contributed by atoms with van der Waals surface area (Å²) in [6, 6.07) is 11.0. The van der Waals surface area contributed by atoms with Gasteiger partial charge in [0, 0.05) is 10.5 Å². The van der Waals surface area contributed by atoms with Gasteiger partial charge < -0.3 is 4.52 Å². The van der Waals surface area contributed by atoms with Crippen LogP contribution in [0.15, 0.2) is 51.9 Å². The van der Waals surface area contributed by atoms with E-state index in [0.717, 1.165) is 41.1 Å². The van der Waals surface area contributed by atoms with Crippen LogP contribution in [0, 0.1) is 18.6 Å². The van der Waals surface area contributed by atoms with Crippen LogP contribution in [0.3, 0.4) is 0 Å². The Hall–Kier alpha value is -2.21. The first kappa shape index (κ1) is 14.7. The predicted molar refractivity (Wildman–Crippen MR) is 80.4 cm³/mol. The molecule has 3 nitrogen and oxygen atoms in total. The summed E-state index contributed by atoms with van der Waals surface area (Å²) in [5.74, 6) is 0.209. The van der Waals surface area contributed by atoms with E-state index in [0.29, 0.717) is 17.5 Å². The van der Waals surface area contributed by atoms with Crippen LogP contribution >= 0.6 is 11.8 Å². The highest BCUT2D eigenvalue weighted by molar-refractivity contribution is 7.98. The summed E-state index contributed by atoms with van der Waals surface area (Å²) in [6.07, 6.45) is 0. The van der Waals surface area contributed by atoms with Crippen molar-refractivity contribution in [2.24, 2.45) is 0 Å². The number of rotatable bonds is 4. The molecule has 0 atom stereocenters. The molecule has 22 heavy (non-hydrogen) atoms. The van der Waals surface area contributed by atoms with E-state index in [1.54, 1.807) is 0 Å². The van der Waals surface area contributed by atoms with E-state index >= 15 is 0 Å². The Labute approximate surface area is 130 Å². The molecule has 6 heteroatoms. The maximum absolute atomic E-state index is 13.5. The number of nitrogens with zero attached hydrogens (tertiary/aromatic N) is 2. The highest BCUT2D eigenvalue weighted by Gasteiger charge is 2.11. The number of hydrogen-bond acceptors (Lipinski definition) is 4. The topological polar surface area (TPSA) is 38.9 Å². The van der Waals surface area contributed by atoms with Crippen LogP contribution in [0.25, 0.3) is 11.5 Å². The number of thioether (sulfide) groups is 1. The van der Waals surface area contributed by atoms with Crippen molar-refractivity contribution in [2.45, 2.75) is 17.6 Å². The predicted octanol–water partition coefficient (Wildman–Crippen LogP) is 4.62. The van der Waals surface area contributed by atoms with Gasteiger partial charge in [-0.3, -0.25) is 0 Å². The van der Waals surface area contributed by atoms with Gasteiger partial charge in [0.2, 0.25) is 0 Å². The van der Waals surface area contributed by atoms with Crippen molar-refractivity contribution in [3.05, 3.63) is 65.5 Å². The Balaban J connectivity index is 1.72. The van der Waals surface area contributed by atoms with E-state index < -0.39 is 11.6 Å². The third kappa shape index (κ3) is 3.33. The molecule has 0 spiro atoms. The van der Waals surface area contributed by atoms with Gasteiger partial charge in [0.25, 0.3) is 5.89 Å². The summed E-state index contributed by atoms with van der Waals surface area (Å²) in [6.45, 7) is 1.99. The van der Waals surface area contributed by atoms with Crippen molar-refractivity contribution >= 4 is 11.8 Å². The largest absolute Gasteiger partial charge is 0.334 e. The van der Waals surface area contributed by atoms with Crippen LogP contribution < -0.4 is 0 Å². The van der Waals surface area contributed by atoms with Crippen molar-refractivity contribution in [1.82, 2.24) is 10.1 Å². The Morgan fingerprint density at radius 1 is 1.09 bits per heavy atom. The molecule has 0 aliphatic heterocycles. The molecule has 1 aromatic heterocycles. The Morgan fingerprint density at radius 2 is 1.86 bits per heavy atom. The summed E-state index contributed by atoms with van der Waals surface area (Å²) in [5, 5.41) is 3.86. The second-order valence-electron chi connectivity index (χ2n) is 4.75. The second kappa shape index (κ2) is 6.27. The summed E-state index contributed by atoms with van der Waals surface area (Å²) in [4.78, 5) is 4.49. The Kier molecular flexibility index (Phi) is 4.20. The van der Waals surface area contributed by atoms with Crippen molar-refractivity contribution in [3.63, 3.8) is 0 Å². The molecule has 1 heterocycles. The van der Waals surface area contributed by atoms with E-state index in [4.69, 9.17) is 4.52 Å². The average Bonchev–Trinajstić information content (AvgIpc) is 2.98. The number of aryl methyl sites for hydroxylation is 1. The maximum Gasteiger partial charge on any atom is 0.257 e. The van der Waals surface area contributed by atoms with Gasteiger partial charge in [-0.2, -0.15) is 4.98 Å². The lowest BCUT2D eigenvalue weighted by Gasteiger charge is -2.00. The molecule has 0 N–H and O–H groups in total.